The van der Waals surface area contributed by atoms with Crippen LogP contribution in [-0.2, 0) is 4.74 Å². The van der Waals surface area contributed by atoms with Crippen LogP contribution < -0.4 is 10.2 Å². The molecule has 0 bridgehead atoms. The van der Waals surface area contributed by atoms with Gasteiger partial charge in [0, 0.05) is 5.69 Å². The molecule has 142 valence electrons. The zero-order valence-corrected chi connectivity index (χ0v) is 17.0. The van der Waals surface area contributed by atoms with E-state index in [0.29, 0.717) is 18.8 Å². The van der Waals surface area contributed by atoms with Gasteiger partial charge in [-0.15, -0.1) is 0 Å². The molecule has 1 atom stereocenters. The molecule has 2 aromatic rings. The molecule has 1 aromatic heterocycles. The van der Waals surface area contributed by atoms with Gasteiger partial charge in [0.15, 0.2) is 0 Å². The maximum atomic E-state index is 12.6. The highest BCUT2D eigenvalue weighted by atomic mass is 35.5. The first-order chi connectivity index (χ1) is 12.8. The van der Waals surface area contributed by atoms with E-state index in [-0.39, 0.29) is 25.9 Å². The summed E-state index contributed by atoms with van der Waals surface area (Å²) >= 11 is 23.8. The lowest BCUT2D eigenvalue weighted by molar-refractivity contribution is 0.0935. The van der Waals surface area contributed by atoms with E-state index < -0.39 is 18.0 Å². The van der Waals surface area contributed by atoms with E-state index in [1.165, 1.54) is 4.90 Å². The SMILES string of the molecule is CC(NC(=O)c1nc(Cl)c(Cl)c(Cl)c1Cl)c1cccc(N2CCOC2=O)c1. The molecule has 0 radical (unpaired) electrons. The van der Waals surface area contributed by atoms with Crippen molar-refractivity contribution in [2.45, 2.75) is 13.0 Å². The minimum absolute atomic E-state index is 0.0156. The van der Waals surface area contributed by atoms with Gasteiger partial charge in [-0.05, 0) is 24.6 Å². The van der Waals surface area contributed by atoms with Crippen molar-refractivity contribution in [3.05, 3.63) is 55.7 Å². The second kappa shape index (κ2) is 8.10. The Balaban J connectivity index is 1.81. The van der Waals surface area contributed by atoms with Gasteiger partial charge in [-0.2, -0.15) is 0 Å². The summed E-state index contributed by atoms with van der Waals surface area (Å²) in [6.45, 7) is 2.61. The Hall–Kier alpha value is -1.73. The van der Waals surface area contributed by atoms with Crippen molar-refractivity contribution in [3.63, 3.8) is 0 Å². The standard InChI is InChI=1S/C17H13Cl4N3O3/c1-8(9-3-2-4-10(7-9)24-5-6-27-17(24)26)22-16(25)14-12(19)11(18)13(20)15(21)23-14/h2-4,7-8H,5-6H2,1H3,(H,22,25). The molecule has 1 aromatic carbocycles. The number of benzene rings is 1. The van der Waals surface area contributed by atoms with Crippen molar-refractivity contribution in [1.82, 2.24) is 10.3 Å². The van der Waals surface area contributed by atoms with E-state index in [1.807, 2.05) is 6.07 Å². The fourth-order valence-corrected chi connectivity index (χ4v) is 3.39. The molecule has 0 saturated carbocycles. The van der Waals surface area contributed by atoms with Gasteiger partial charge < -0.3 is 10.1 Å². The summed E-state index contributed by atoms with van der Waals surface area (Å²) in [4.78, 5) is 29.7. The Morgan fingerprint density at radius 3 is 2.63 bits per heavy atom. The first-order valence-corrected chi connectivity index (χ1v) is 9.36. The van der Waals surface area contributed by atoms with Gasteiger partial charge in [-0.1, -0.05) is 58.5 Å². The predicted octanol–water partition coefficient (Wildman–Crippen LogP) is 5.14. The van der Waals surface area contributed by atoms with Crippen molar-refractivity contribution in [1.29, 1.82) is 0 Å². The van der Waals surface area contributed by atoms with Gasteiger partial charge in [0.05, 0.1) is 27.7 Å². The van der Waals surface area contributed by atoms with E-state index >= 15 is 0 Å². The number of hydrogen-bond donors (Lipinski definition) is 1. The second-order valence-corrected chi connectivity index (χ2v) is 7.24. The molecule has 0 aliphatic carbocycles. The Bertz CT molecular complexity index is 923. The molecular formula is C17H13Cl4N3O3. The highest BCUT2D eigenvalue weighted by molar-refractivity contribution is 6.52. The highest BCUT2D eigenvalue weighted by Gasteiger charge is 2.25. The molecule has 1 unspecified atom stereocenters. The lowest BCUT2D eigenvalue weighted by atomic mass is 10.1. The molecule has 1 saturated heterocycles. The van der Waals surface area contributed by atoms with E-state index in [0.717, 1.165) is 5.56 Å². The van der Waals surface area contributed by atoms with E-state index in [4.69, 9.17) is 51.1 Å². The molecule has 10 heteroatoms. The zero-order chi connectivity index (χ0) is 19.7. The van der Waals surface area contributed by atoms with Crippen molar-refractivity contribution in [3.8, 4) is 0 Å². The number of aromatic nitrogens is 1. The molecule has 0 spiro atoms. The average molecular weight is 449 g/mol. The van der Waals surface area contributed by atoms with Crippen molar-refractivity contribution >= 4 is 64.1 Å². The number of carbonyl (C=O) groups is 2. The summed E-state index contributed by atoms with van der Waals surface area (Å²) in [5, 5.41) is 2.53. The predicted molar refractivity (Wildman–Crippen MR) is 105 cm³/mol. The van der Waals surface area contributed by atoms with Gasteiger partial charge in [-0.3, -0.25) is 9.69 Å². The first kappa shape index (κ1) is 20.0. The summed E-state index contributed by atoms with van der Waals surface area (Å²) in [7, 11) is 0. The molecule has 27 heavy (non-hydrogen) atoms. The molecule has 1 N–H and O–H groups in total. The number of nitrogens with zero attached hydrogens (tertiary/aromatic N) is 2. The van der Waals surface area contributed by atoms with Crippen molar-refractivity contribution in [2.75, 3.05) is 18.1 Å². The maximum absolute atomic E-state index is 12.6. The number of carbonyl (C=O) groups excluding carboxylic acids is 2. The van der Waals surface area contributed by atoms with Gasteiger partial charge in [-0.25, -0.2) is 9.78 Å². The van der Waals surface area contributed by atoms with Crippen molar-refractivity contribution in [2.24, 2.45) is 0 Å². The van der Waals surface area contributed by atoms with Crippen LogP contribution in [0.5, 0.6) is 0 Å². The van der Waals surface area contributed by atoms with E-state index in [9.17, 15) is 9.59 Å². The average Bonchev–Trinajstić information content (AvgIpc) is 3.08. The van der Waals surface area contributed by atoms with Crippen LogP contribution in [0, 0.1) is 0 Å². The number of halogens is 4. The van der Waals surface area contributed by atoms with Gasteiger partial charge in [0.2, 0.25) is 0 Å². The first-order valence-electron chi connectivity index (χ1n) is 7.84. The summed E-state index contributed by atoms with van der Waals surface area (Å²) in [6.07, 6.45) is -0.398. The number of amides is 2. The van der Waals surface area contributed by atoms with Gasteiger partial charge >= 0.3 is 6.09 Å². The fraction of sp³-hybridized carbons (Fsp3) is 0.235. The summed E-state index contributed by atoms with van der Waals surface area (Å²) in [5.74, 6) is -0.557. The van der Waals surface area contributed by atoms with E-state index in [1.54, 1.807) is 25.1 Å². The minimum atomic E-state index is -0.557. The number of ether oxygens (including phenoxy) is 1. The topological polar surface area (TPSA) is 71.5 Å². The molecule has 1 aliphatic rings. The second-order valence-electron chi connectivity index (χ2n) is 5.75. The number of hydrogen-bond acceptors (Lipinski definition) is 4. The quantitative estimate of drug-likeness (QED) is 0.657. The molecule has 1 fully saturated rings. The monoisotopic (exact) mass is 447 g/mol. The third-order valence-corrected chi connectivity index (χ3v) is 5.67. The molecule has 2 amide bonds. The minimum Gasteiger partial charge on any atom is -0.447 e. The maximum Gasteiger partial charge on any atom is 0.414 e. The van der Waals surface area contributed by atoms with Crippen LogP contribution in [0.15, 0.2) is 24.3 Å². The molecular weight excluding hydrogens is 436 g/mol. The van der Waals surface area contributed by atoms with Crippen LogP contribution in [-0.4, -0.2) is 30.1 Å². The smallest absolute Gasteiger partial charge is 0.414 e. The van der Waals surface area contributed by atoms with Crippen LogP contribution in [0.4, 0.5) is 10.5 Å². The van der Waals surface area contributed by atoms with Crippen LogP contribution in [0.1, 0.15) is 29.0 Å². The number of nitrogens with one attached hydrogen (secondary N) is 1. The molecule has 6 nitrogen and oxygen atoms in total. The number of pyridine rings is 1. The number of cyclic esters (lactones) is 1. The number of rotatable bonds is 4. The summed E-state index contributed by atoms with van der Waals surface area (Å²) < 4.78 is 4.95. The highest BCUT2D eigenvalue weighted by Crippen LogP contribution is 2.36. The van der Waals surface area contributed by atoms with E-state index in [2.05, 4.69) is 10.3 Å². The lowest BCUT2D eigenvalue weighted by Gasteiger charge is -2.18. The summed E-state index contributed by atoms with van der Waals surface area (Å²) in [5.41, 5.74) is 1.34. The third-order valence-electron chi connectivity index (χ3n) is 3.99. The Morgan fingerprint density at radius 2 is 1.96 bits per heavy atom. The Kier molecular flexibility index (Phi) is 6.01. The largest absolute Gasteiger partial charge is 0.447 e. The Labute approximate surface area is 175 Å². The van der Waals surface area contributed by atoms with Gasteiger partial charge in [0.1, 0.15) is 17.5 Å². The normalized spacial score (nSPS) is 14.9. The van der Waals surface area contributed by atoms with Crippen LogP contribution in [0.2, 0.25) is 20.2 Å². The number of anilines is 1. The third kappa shape index (κ3) is 4.09. The van der Waals surface area contributed by atoms with Crippen LogP contribution in [0.3, 0.4) is 0 Å². The fourth-order valence-electron chi connectivity index (χ4n) is 2.58. The van der Waals surface area contributed by atoms with Crippen molar-refractivity contribution < 1.29 is 14.3 Å². The lowest BCUT2D eigenvalue weighted by Crippen LogP contribution is -2.28. The van der Waals surface area contributed by atoms with Gasteiger partial charge in [0.25, 0.3) is 5.91 Å². The Morgan fingerprint density at radius 1 is 1.22 bits per heavy atom. The molecule has 3 rings (SSSR count). The van der Waals surface area contributed by atoms with Crippen LogP contribution in [0.25, 0.3) is 0 Å². The van der Waals surface area contributed by atoms with Crippen LogP contribution >= 0.6 is 46.4 Å². The zero-order valence-electron chi connectivity index (χ0n) is 13.9. The summed E-state index contributed by atoms with van der Waals surface area (Å²) in [6, 6.07) is 6.81. The molecule has 1 aliphatic heterocycles. The molecule has 2 heterocycles.